The van der Waals surface area contributed by atoms with E-state index in [0.29, 0.717) is 0 Å². The Bertz CT molecular complexity index is 336. The Hall–Kier alpha value is -0.910. The molecule has 0 unspecified atom stereocenters. The van der Waals surface area contributed by atoms with Crippen molar-refractivity contribution in [1.82, 2.24) is 0 Å². The molecule has 6 heteroatoms. The molecule has 1 rings (SSSR count). The third kappa shape index (κ3) is 2.19. The first-order valence-electron chi connectivity index (χ1n) is 4.31. The highest BCUT2D eigenvalue weighted by Gasteiger charge is 2.51. The second-order valence-electron chi connectivity index (χ2n) is 2.93. The van der Waals surface area contributed by atoms with Crippen LogP contribution in [0.25, 0.3) is 0 Å². The number of carbonyl (C=O) groups excluding carboxylic acids is 2. The lowest BCUT2D eigenvalue weighted by Gasteiger charge is -2.05. The van der Waals surface area contributed by atoms with Crippen LogP contribution < -0.4 is 0 Å². The summed E-state index contributed by atoms with van der Waals surface area (Å²) in [6, 6.07) is 0. The fourth-order valence-electron chi connectivity index (χ4n) is 1.26. The molecule has 0 radical (unpaired) electrons. The fourth-order valence-corrected chi connectivity index (χ4v) is 1.97. The van der Waals surface area contributed by atoms with Gasteiger partial charge in [-0.15, -0.1) is 11.8 Å². The molecule has 1 aliphatic carbocycles. The van der Waals surface area contributed by atoms with Gasteiger partial charge >= 0.3 is 11.9 Å². The molecule has 0 spiro atoms. The van der Waals surface area contributed by atoms with Crippen LogP contribution in [0, 0.1) is 0 Å². The first-order chi connectivity index (χ1) is 6.94. The molecule has 15 heavy (non-hydrogen) atoms. The molecule has 0 atom stereocenters. The number of ketones is 1. The highest BCUT2D eigenvalue weighted by Crippen LogP contribution is 2.41. The summed E-state index contributed by atoms with van der Waals surface area (Å²) in [5.74, 6) is -5.84. The second kappa shape index (κ2) is 4.30. The summed E-state index contributed by atoms with van der Waals surface area (Å²) < 4.78 is 30.6. The number of hydrogen-bond donors (Lipinski definition) is 0. The lowest BCUT2D eigenvalue weighted by atomic mass is 10.2. The summed E-state index contributed by atoms with van der Waals surface area (Å²) in [7, 11) is 0. The minimum atomic E-state index is -3.46. The standard InChI is InChI=1S/C9H10F2O3S/c1-3-14-8(13)6-5(15-2)4-9(10,11)7(6)12/h3-4H2,1-2H3. The fraction of sp³-hybridized carbons (Fsp3) is 0.556. The summed E-state index contributed by atoms with van der Waals surface area (Å²) in [6.45, 7) is 1.61. The summed E-state index contributed by atoms with van der Waals surface area (Å²) >= 11 is 0.979. The van der Waals surface area contributed by atoms with E-state index in [2.05, 4.69) is 4.74 Å². The van der Waals surface area contributed by atoms with Crippen LogP contribution in [-0.4, -0.2) is 30.5 Å². The summed E-state index contributed by atoms with van der Waals surface area (Å²) in [4.78, 5) is 22.6. The average Bonchev–Trinajstić information content (AvgIpc) is 2.38. The van der Waals surface area contributed by atoms with Gasteiger partial charge in [-0.1, -0.05) is 0 Å². The van der Waals surface area contributed by atoms with Gasteiger partial charge in [0.05, 0.1) is 13.0 Å². The van der Waals surface area contributed by atoms with E-state index in [0.717, 1.165) is 11.8 Å². The number of alkyl halides is 2. The quantitative estimate of drug-likeness (QED) is 0.553. The molecule has 0 aromatic rings. The molecule has 0 amide bonds. The Balaban J connectivity index is 3.02. The Kier molecular flexibility index (Phi) is 3.49. The molecule has 0 aliphatic heterocycles. The van der Waals surface area contributed by atoms with E-state index in [1.165, 1.54) is 0 Å². The molecule has 0 aromatic heterocycles. The van der Waals surface area contributed by atoms with Crippen molar-refractivity contribution in [2.75, 3.05) is 12.9 Å². The van der Waals surface area contributed by atoms with Crippen molar-refractivity contribution in [1.29, 1.82) is 0 Å². The second-order valence-corrected chi connectivity index (χ2v) is 3.83. The third-order valence-electron chi connectivity index (χ3n) is 1.95. The predicted octanol–water partition coefficient (Wildman–Crippen LogP) is 1.77. The maximum absolute atomic E-state index is 13.0. The van der Waals surface area contributed by atoms with Crippen molar-refractivity contribution in [3.63, 3.8) is 0 Å². The van der Waals surface area contributed by atoms with Gasteiger partial charge in [-0.25, -0.2) is 4.79 Å². The monoisotopic (exact) mass is 236 g/mol. The first-order valence-corrected chi connectivity index (χ1v) is 5.53. The van der Waals surface area contributed by atoms with Gasteiger partial charge in [0, 0.05) is 4.91 Å². The molecular formula is C9H10F2O3S. The SMILES string of the molecule is CCOC(=O)C1=C(SC)CC(F)(F)C1=O. The zero-order chi connectivity index (χ0) is 11.6. The van der Waals surface area contributed by atoms with Crippen LogP contribution in [-0.2, 0) is 14.3 Å². The van der Waals surface area contributed by atoms with E-state index in [9.17, 15) is 18.4 Å². The number of allylic oxidation sites excluding steroid dienone is 1. The molecule has 0 heterocycles. The lowest BCUT2D eigenvalue weighted by Crippen LogP contribution is -2.27. The first kappa shape index (κ1) is 12.2. The van der Waals surface area contributed by atoms with Gasteiger partial charge in [-0.05, 0) is 13.2 Å². The van der Waals surface area contributed by atoms with Gasteiger partial charge in [0.25, 0.3) is 0 Å². The number of Topliss-reactive ketones (excluding diaryl/α,β-unsaturated/α-hetero) is 1. The minimum Gasteiger partial charge on any atom is -0.462 e. The van der Waals surface area contributed by atoms with E-state index in [1.54, 1.807) is 13.2 Å². The minimum absolute atomic E-state index is 0.0584. The molecule has 0 saturated heterocycles. The zero-order valence-electron chi connectivity index (χ0n) is 8.30. The summed E-state index contributed by atoms with van der Waals surface area (Å²) in [6.07, 6.45) is 0.852. The number of halogens is 2. The Morgan fingerprint density at radius 2 is 2.20 bits per heavy atom. The molecule has 0 aromatic carbocycles. The summed E-state index contributed by atoms with van der Waals surface area (Å²) in [5.41, 5.74) is -0.491. The number of thioether (sulfide) groups is 1. The van der Waals surface area contributed by atoms with Gasteiger partial charge in [0.1, 0.15) is 5.57 Å². The van der Waals surface area contributed by atoms with Gasteiger partial charge in [0.2, 0.25) is 5.78 Å². The van der Waals surface area contributed by atoms with E-state index < -0.39 is 29.7 Å². The summed E-state index contributed by atoms with van der Waals surface area (Å²) in [5, 5.41) is 0. The molecule has 1 aliphatic rings. The van der Waals surface area contributed by atoms with E-state index in [4.69, 9.17) is 0 Å². The van der Waals surface area contributed by atoms with Crippen molar-refractivity contribution >= 4 is 23.5 Å². The molecule has 0 N–H and O–H groups in total. The van der Waals surface area contributed by atoms with Crippen molar-refractivity contribution in [2.45, 2.75) is 19.3 Å². The van der Waals surface area contributed by atoms with Crippen molar-refractivity contribution in [3.05, 3.63) is 10.5 Å². The van der Waals surface area contributed by atoms with E-state index in [-0.39, 0.29) is 11.5 Å². The smallest absolute Gasteiger partial charge is 0.342 e. The average molecular weight is 236 g/mol. The molecule has 0 bridgehead atoms. The maximum atomic E-state index is 13.0. The normalized spacial score (nSPS) is 19.6. The largest absolute Gasteiger partial charge is 0.462 e. The number of rotatable bonds is 3. The van der Waals surface area contributed by atoms with Gasteiger partial charge in [-0.3, -0.25) is 4.79 Å². The van der Waals surface area contributed by atoms with Crippen LogP contribution in [0.5, 0.6) is 0 Å². The maximum Gasteiger partial charge on any atom is 0.342 e. The Morgan fingerprint density at radius 1 is 1.60 bits per heavy atom. The molecule has 84 valence electrons. The van der Waals surface area contributed by atoms with Gasteiger partial charge in [0.15, 0.2) is 0 Å². The number of esters is 1. The van der Waals surface area contributed by atoms with Crippen LogP contribution in [0.4, 0.5) is 8.78 Å². The van der Waals surface area contributed by atoms with Crippen LogP contribution in [0.1, 0.15) is 13.3 Å². The Morgan fingerprint density at radius 3 is 2.67 bits per heavy atom. The van der Waals surface area contributed by atoms with Crippen LogP contribution in [0.2, 0.25) is 0 Å². The topological polar surface area (TPSA) is 43.4 Å². The van der Waals surface area contributed by atoms with E-state index >= 15 is 0 Å². The van der Waals surface area contributed by atoms with Crippen LogP contribution in [0.15, 0.2) is 10.5 Å². The Labute approximate surface area is 89.9 Å². The highest BCUT2D eigenvalue weighted by atomic mass is 32.2. The third-order valence-corrected chi connectivity index (χ3v) is 2.79. The molecule has 0 fully saturated rings. The number of ether oxygens (including phenoxy) is 1. The van der Waals surface area contributed by atoms with E-state index in [1.807, 2.05) is 0 Å². The number of carbonyl (C=O) groups is 2. The number of hydrogen-bond acceptors (Lipinski definition) is 4. The van der Waals surface area contributed by atoms with Crippen molar-refractivity contribution in [2.24, 2.45) is 0 Å². The molecule has 0 saturated carbocycles. The van der Waals surface area contributed by atoms with Crippen molar-refractivity contribution in [3.8, 4) is 0 Å². The van der Waals surface area contributed by atoms with Gasteiger partial charge < -0.3 is 4.74 Å². The van der Waals surface area contributed by atoms with Crippen LogP contribution in [0.3, 0.4) is 0 Å². The molecular weight excluding hydrogens is 226 g/mol. The highest BCUT2D eigenvalue weighted by molar-refractivity contribution is 8.02. The lowest BCUT2D eigenvalue weighted by molar-refractivity contribution is -0.144. The van der Waals surface area contributed by atoms with Crippen molar-refractivity contribution < 1.29 is 23.1 Å². The van der Waals surface area contributed by atoms with Crippen LogP contribution >= 0.6 is 11.8 Å². The molecule has 3 nitrogen and oxygen atoms in total. The zero-order valence-corrected chi connectivity index (χ0v) is 9.12. The predicted molar refractivity (Wildman–Crippen MR) is 51.7 cm³/mol. The van der Waals surface area contributed by atoms with Gasteiger partial charge in [-0.2, -0.15) is 8.78 Å².